The van der Waals surface area contributed by atoms with Gasteiger partial charge >= 0.3 is 0 Å². The highest BCUT2D eigenvalue weighted by atomic mass is 19.2. The van der Waals surface area contributed by atoms with Crippen molar-refractivity contribution in [2.75, 3.05) is 6.54 Å². The molecular formula is C11H12F2N2O. The molecule has 0 aliphatic heterocycles. The van der Waals surface area contributed by atoms with Crippen molar-refractivity contribution in [3.8, 4) is 0 Å². The summed E-state index contributed by atoms with van der Waals surface area (Å²) >= 11 is 0. The van der Waals surface area contributed by atoms with Gasteiger partial charge in [-0.05, 0) is 24.8 Å². The molecule has 3 nitrogen and oxygen atoms in total. The zero-order valence-corrected chi connectivity index (χ0v) is 8.67. The molecule has 2 rings (SSSR count). The normalized spacial score (nSPS) is 15.6. The molecule has 0 bridgehead atoms. The predicted molar refractivity (Wildman–Crippen MR) is 53.8 cm³/mol. The Morgan fingerprint density at radius 3 is 2.88 bits per heavy atom. The van der Waals surface area contributed by atoms with E-state index in [4.69, 9.17) is 0 Å². The standard InChI is InChI=1S/C11H12F2N2O/c12-9-8(4-5-14-10(9)13)11(16)15-6-7-2-1-3-7/h4-5,7H,1-3,6H2,(H,15,16). The molecule has 86 valence electrons. The van der Waals surface area contributed by atoms with E-state index in [0.29, 0.717) is 12.5 Å². The quantitative estimate of drug-likeness (QED) is 0.800. The average molecular weight is 226 g/mol. The van der Waals surface area contributed by atoms with Crippen LogP contribution in [0, 0.1) is 17.7 Å². The van der Waals surface area contributed by atoms with Crippen LogP contribution in [0.5, 0.6) is 0 Å². The fourth-order valence-corrected chi connectivity index (χ4v) is 1.62. The Balaban J connectivity index is 1.99. The van der Waals surface area contributed by atoms with Crippen molar-refractivity contribution >= 4 is 5.91 Å². The molecule has 1 fully saturated rings. The number of nitrogens with one attached hydrogen (secondary N) is 1. The van der Waals surface area contributed by atoms with Gasteiger partial charge in [-0.2, -0.15) is 4.39 Å². The molecular weight excluding hydrogens is 214 g/mol. The van der Waals surface area contributed by atoms with Crippen molar-refractivity contribution in [3.05, 3.63) is 29.6 Å². The second-order valence-corrected chi connectivity index (χ2v) is 3.97. The van der Waals surface area contributed by atoms with E-state index in [9.17, 15) is 13.6 Å². The lowest BCUT2D eigenvalue weighted by atomic mass is 9.85. The predicted octanol–water partition coefficient (Wildman–Crippen LogP) is 1.89. The van der Waals surface area contributed by atoms with Gasteiger partial charge in [0.1, 0.15) is 0 Å². The number of halogens is 2. The number of pyridine rings is 1. The lowest BCUT2D eigenvalue weighted by molar-refractivity contribution is 0.0933. The summed E-state index contributed by atoms with van der Waals surface area (Å²) in [5.41, 5.74) is -0.285. The summed E-state index contributed by atoms with van der Waals surface area (Å²) in [6.07, 6.45) is 4.44. The molecule has 1 aliphatic rings. The molecule has 16 heavy (non-hydrogen) atoms. The van der Waals surface area contributed by atoms with Crippen molar-refractivity contribution in [3.63, 3.8) is 0 Å². The number of hydrogen-bond acceptors (Lipinski definition) is 2. The number of aromatic nitrogens is 1. The van der Waals surface area contributed by atoms with Gasteiger partial charge in [0.15, 0.2) is 5.82 Å². The summed E-state index contributed by atoms with van der Waals surface area (Å²) in [4.78, 5) is 14.6. The van der Waals surface area contributed by atoms with Gasteiger partial charge in [0.2, 0.25) is 5.95 Å². The molecule has 5 heteroatoms. The zero-order chi connectivity index (χ0) is 11.5. The SMILES string of the molecule is O=C(NCC1CCC1)c1ccnc(F)c1F. The van der Waals surface area contributed by atoms with E-state index in [1.165, 1.54) is 12.5 Å². The van der Waals surface area contributed by atoms with E-state index in [0.717, 1.165) is 19.0 Å². The molecule has 0 radical (unpaired) electrons. The smallest absolute Gasteiger partial charge is 0.254 e. The summed E-state index contributed by atoms with van der Waals surface area (Å²) in [7, 11) is 0. The Morgan fingerprint density at radius 1 is 1.50 bits per heavy atom. The van der Waals surface area contributed by atoms with Crippen LogP contribution in [0.2, 0.25) is 0 Å². The van der Waals surface area contributed by atoms with E-state index < -0.39 is 17.7 Å². The Labute approximate surface area is 91.9 Å². The Hall–Kier alpha value is -1.52. The van der Waals surface area contributed by atoms with Gasteiger partial charge in [-0.15, -0.1) is 0 Å². The summed E-state index contributed by atoms with van der Waals surface area (Å²) < 4.78 is 25.9. The Morgan fingerprint density at radius 2 is 2.25 bits per heavy atom. The van der Waals surface area contributed by atoms with Crippen LogP contribution in [-0.4, -0.2) is 17.4 Å². The summed E-state index contributed by atoms with van der Waals surface area (Å²) in [5.74, 6) is -2.52. The number of nitrogens with zero attached hydrogens (tertiary/aromatic N) is 1. The minimum absolute atomic E-state index is 0.285. The van der Waals surface area contributed by atoms with Gasteiger partial charge in [-0.1, -0.05) is 6.42 Å². The molecule has 1 aliphatic carbocycles. The first-order chi connectivity index (χ1) is 7.68. The van der Waals surface area contributed by atoms with Crippen LogP contribution in [-0.2, 0) is 0 Å². The summed E-state index contributed by atoms with van der Waals surface area (Å²) in [6, 6.07) is 1.18. The van der Waals surface area contributed by atoms with Crippen LogP contribution < -0.4 is 5.32 Å². The van der Waals surface area contributed by atoms with Gasteiger partial charge < -0.3 is 5.32 Å². The number of carbonyl (C=O) groups excluding carboxylic acids is 1. The van der Waals surface area contributed by atoms with Gasteiger partial charge in [0.05, 0.1) is 5.56 Å². The van der Waals surface area contributed by atoms with Crippen molar-refractivity contribution in [1.29, 1.82) is 0 Å². The van der Waals surface area contributed by atoms with Crippen molar-refractivity contribution in [2.45, 2.75) is 19.3 Å². The van der Waals surface area contributed by atoms with Gasteiger partial charge in [-0.25, -0.2) is 9.37 Å². The highest BCUT2D eigenvalue weighted by molar-refractivity contribution is 5.94. The van der Waals surface area contributed by atoms with Crippen molar-refractivity contribution in [1.82, 2.24) is 10.3 Å². The molecule has 1 heterocycles. The fraction of sp³-hybridized carbons (Fsp3) is 0.455. The third-order valence-corrected chi connectivity index (χ3v) is 2.87. The topological polar surface area (TPSA) is 42.0 Å². The molecule has 0 atom stereocenters. The minimum atomic E-state index is -1.24. The number of carbonyl (C=O) groups is 1. The zero-order valence-electron chi connectivity index (χ0n) is 8.67. The molecule has 0 unspecified atom stereocenters. The monoisotopic (exact) mass is 226 g/mol. The summed E-state index contributed by atoms with van der Waals surface area (Å²) in [6.45, 7) is 0.530. The Kier molecular flexibility index (Phi) is 3.12. The van der Waals surface area contributed by atoms with Crippen LogP contribution >= 0.6 is 0 Å². The van der Waals surface area contributed by atoms with E-state index >= 15 is 0 Å². The first-order valence-corrected chi connectivity index (χ1v) is 5.26. The van der Waals surface area contributed by atoms with Crippen LogP contribution in [0.3, 0.4) is 0 Å². The minimum Gasteiger partial charge on any atom is -0.352 e. The lowest BCUT2D eigenvalue weighted by Gasteiger charge is -2.25. The fourth-order valence-electron chi connectivity index (χ4n) is 1.62. The Bertz CT molecular complexity index is 405. The van der Waals surface area contributed by atoms with Gasteiger partial charge in [-0.3, -0.25) is 4.79 Å². The van der Waals surface area contributed by atoms with Crippen LogP contribution in [0.25, 0.3) is 0 Å². The molecule has 0 spiro atoms. The maximum Gasteiger partial charge on any atom is 0.254 e. The largest absolute Gasteiger partial charge is 0.352 e. The average Bonchev–Trinajstić information content (AvgIpc) is 2.19. The molecule has 0 saturated heterocycles. The van der Waals surface area contributed by atoms with Crippen LogP contribution in [0.15, 0.2) is 12.3 Å². The van der Waals surface area contributed by atoms with Crippen molar-refractivity contribution < 1.29 is 13.6 Å². The first-order valence-electron chi connectivity index (χ1n) is 5.26. The van der Waals surface area contributed by atoms with Gasteiger partial charge in [0, 0.05) is 12.7 Å². The van der Waals surface area contributed by atoms with E-state index in [-0.39, 0.29) is 5.56 Å². The van der Waals surface area contributed by atoms with Crippen LogP contribution in [0.1, 0.15) is 29.6 Å². The maximum absolute atomic E-state index is 13.2. The van der Waals surface area contributed by atoms with Crippen LogP contribution in [0.4, 0.5) is 8.78 Å². The first kappa shape index (κ1) is 11.0. The maximum atomic E-state index is 13.2. The highest BCUT2D eigenvalue weighted by Crippen LogP contribution is 2.25. The third kappa shape index (κ3) is 2.18. The molecule has 1 amide bonds. The molecule has 1 N–H and O–H groups in total. The number of rotatable bonds is 3. The van der Waals surface area contributed by atoms with E-state index in [2.05, 4.69) is 10.3 Å². The second-order valence-electron chi connectivity index (χ2n) is 3.97. The van der Waals surface area contributed by atoms with E-state index in [1.807, 2.05) is 0 Å². The number of hydrogen-bond donors (Lipinski definition) is 1. The third-order valence-electron chi connectivity index (χ3n) is 2.87. The second kappa shape index (κ2) is 4.55. The van der Waals surface area contributed by atoms with Gasteiger partial charge in [0.25, 0.3) is 5.91 Å². The van der Waals surface area contributed by atoms with Crippen molar-refractivity contribution in [2.24, 2.45) is 5.92 Å². The van der Waals surface area contributed by atoms with E-state index in [1.54, 1.807) is 0 Å². The molecule has 1 aromatic heterocycles. The highest BCUT2D eigenvalue weighted by Gasteiger charge is 2.20. The number of amides is 1. The lowest BCUT2D eigenvalue weighted by Crippen LogP contribution is -2.32. The molecule has 1 saturated carbocycles. The molecule has 0 aromatic carbocycles. The molecule has 1 aromatic rings. The summed E-state index contributed by atoms with van der Waals surface area (Å²) in [5, 5.41) is 2.60.